The smallest absolute Gasteiger partial charge is 0.257 e. The van der Waals surface area contributed by atoms with Gasteiger partial charge < -0.3 is 5.32 Å². The number of aromatic nitrogens is 1. The molecule has 0 aliphatic rings. The third kappa shape index (κ3) is 6.26. The monoisotopic (exact) mass is 373 g/mol. The van der Waals surface area contributed by atoms with E-state index in [4.69, 9.17) is 0 Å². The van der Waals surface area contributed by atoms with Gasteiger partial charge in [-0.2, -0.15) is 0 Å². The molecular weight excluding hydrogens is 346 g/mol. The van der Waals surface area contributed by atoms with Crippen LogP contribution in [-0.4, -0.2) is 16.8 Å². The molecule has 140 valence electrons. The number of rotatable bonds is 6. The highest BCUT2D eigenvalue weighted by Crippen LogP contribution is 2.26. The van der Waals surface area contributed by atoms with Crippen molar-refractivity contribution in [3.63, 3.8) is 0 Å². The van der Waals surface area contributed by atoms with Crippen LogP contribution in [0.4, 0.5) is 10.8 Å². The predicted octanol–water partition coefficient (Wildman–Crippen LogP) is 5.10. The predicted molar refractivity (Wildman–Crippen MR) is 108 cm³/mol. The minimum Gasteiger partial charge on any atom is -0.326 e. The maximum Gasteiger partial charge on any atom is 0.257 e. The van der Waals surface area contributed by atoms with Crippen molar-refractivity contribution in [1.29, 1.82) is 0 Å². The lowest BCUT2D eigenvalue weighted by atomic mass is 9.84. The number of nitrogens with zero attached hydrogens (tertiary/aromatic N) is 1. The van der Waals surface area contributed by atoms with E-state index in [1.54, 1.807) is 29.8 Å². The van der Waals surface area contributed by atoms with E-state index in [1.165, 1.54) is 11.3 Å². The van der Waals surface area contributed by atoms with Crippen molar-refractivity contribution in [1.82, 2.24) is 4.98 Å². The van der Waals surface area contributed by atoms with E-state index in [1.807, 2.05) is 6.92 Å². The lowest BCUT2D eigenvalue weighted by molar-refractivity contribution is -0.117. The molecule has 1 atom stereocenters. The molecule has 26 heavy (non-hydrogen) atoms. The summed E-state index contributed by atoms with van der Waals surface area (Å²) in [7, 11) is 0. The largest absolute Gasteiger partial charge is 0.326 e. The van der Waals surface area contributed by atoms with Crippen LogP contribution in [0, 0.1) is 18.3 Å². The van der Waals surface area contributed by atoms with Crippen molar-refractivity contribution >= 4 is 34.0 Å². The first-order chi connectivity index (χ1) is 12.1. The number of aryl methyl sites for hydroxylation is 1. The summed E-state index contributed by atoms with van der Waals surface area (Å²) in [6, 6.07) is 5.26. The summed E-state index contributed by atoms with van der Waals surface area (Å²) in [5, 5.41) is 8.09. The molecule has 0 bridgehead atoms. The molecule has 0 saturated heterocycles. The van der Waals surface area contributed by atoms with Gasteiger partial charge in [-0.1, -0.05) is 27.7 Å². The minimum absolute atomic E-state index is 0.00448. The average molecular weight is 374 g/mol. The third-order valence-electron chi connectivity index (χ3n) is 3.91. The Bertz CT molecular complexity index is 764. The molecule has 1 heterocycles. The van der Waals surface area contributed by atoms with Gasteiger partial charge in [0.1, 0.15) is 0 Å². The van der Waals surface area contributed by atoms with Crippen molar-refractivity contribution < 1.29 is 9.59 Å². The highest BCUT2D eigenvalue weighted by atomic mass is 32.1. The normalized spacial score (nSPS) is 12.5. The minimum atomic E-state index is -0.209. The maximum absolute atomic E-state index is 12.3. The first-order valence-corrected chi connectivity index (χ1v) is 9.63. The number of hydrogen-bond acceptors (Lipinski definition) is 4. The SMILES string of the molecule is Cc1cc(C(=O)Nc2nccs2)ccc1NC(=O)CC(C)CC(C)(C)C. The topological polar surface area (TPSA) is 71.1 Å². The second-order valence-corrected chi connectivity index (χ2v) is 8.84. The van der Waals surface area contributed by atoms with Crippen LogP contribution in [0.5, 0.6) is 0 Å². The van der Waals surface area contributed by atoms with Crippen LogP contribution < -0.4 is 10.6 Å². The van der Waals surface area contributed by atoms with Gasteiger partial charge in [-0.25, -0.2) is 4.98 Å². The molecule has 0 aliphatic carbocycles. The van der Waals surface area contributed by atoms with Crippen molar-refractivity contribution in [2.75, 3.05) is 10.6 Å². The van der Waals surface area contributed by atoms with E-state index in [-0.39, 0.29) is 17.2 Å². The number of carbonyl (C=O) groups excluding carboxylic acids is 2. The number of nitrogens with one attached hydrogen (secondary N) is 2. The summed E-state index contributed by atoms with van der Waals surface area (Å²) in [4.78, 5) is 28.6. The Morgan fingerprint density at radius 1 is 1.23 bits per heavy atom. The van der Waals surface area contributed by atoms with Crippen molar-refractivity contribution in [3.05, 3.63) is 40.9 Å². The summed E-state index contributed by atoms with van der Waals surface area (Å²) in [5.74, 6) is 0.114. The van der Waals surface area contributed by atoms with Crippen LogP contribution >= 0.6 is 11.3 Å². The van der Waals surface area contributed by atoms with Crippen LogP contribution in [0.15, 0.2) is 29.8 Å². The van der Waals surface area contributed by atoms with Crippen molar-refractivity contribution in [3.8, 4) is 0 Å². The van der Waals surface area contributed by atoms with Crippen LogP contribution in [-0.2, 0) is 4.79 Å². The summed E-state index contributed by atoms with van der Waals surface area (Å²) in [6.45, 7) is 10.5. The van der Waals surface area contributed by atoms with Crippen LogP contribution in [0.25, 0.3) is 0 Å². The lowest BCUT2D eigenvalue weighted by Crippen LogP contribution is -2.19. The highest BCUT2D eigenvalue weighted by molar-refractivity contribution is 7.13. The number of amides is 2. The Kier molecular flexibility index (Phi) is 6.53. The van der Waals surface area contributed by atoms with E-state index in [0.717, 1.165) is 17.7 Å². The standard InChI is InChI=1S/C20H27N3O2S/c1-13(12-20(3,4)5)10-17(24)22-16-7-6-15(11-14(16)2)18(25)23-19-21-8-9-26-19/h6-9,11,13H,10,12H2,1-5H3,(H,22,24)(H,21,23,25). The molecule has 0 radical (unpaired) electrons. The molecule has 0 fully saturated rings. The van der Waals surface area contributed by atoms with Crippen molar-refractivity contribution in [2.45, 2.75) is 47.5 Å². The number of carbonyl (C=O) groups is 2. The van der Waals surface area contributed by atoms with Crippen molar-refractivity contribution in [2.24, 2.45) is 11.3 Å². The van der Waals surface area contributed by atoms with Crippen LogP contribution in [0.2, 0.25) is 0 Å². The number of anilines is 2. The molecule has 2 N–H and O–H groups in total. The van der Waals surface area contributed by atoms with E-state index >= 15 is 0 Å². The van der Waals surface area contributed by atoms with E-state index in [9.17, 15) is 9.59 Å². The fourth-order valence-corrected chi connectivity index (χ4v) is 3.56. The Hall–Kier alpha value is -2.21. The second kappa shape index (κ2) is 8.45. The van der Waals surface area contributed by atoms with Crippen LogP contribution in [0.3, 0.4) is 0 Å². The van der Waals surface area contributed by atoms with E-state index in [0.29, 0.717) is 23.0 Å². The molecule has 1 unspecified atom stereocenters. The quantitative estimate of drug-likeness (QED) is 0.739. The van der Waals surface area contributed by atoms with Gasteiger partial charge in [0.2, 0.25) is 5.91 Å². The number of thiazole rings is 1. The molecule has 5 nitrogen and oxygen atoms in total. The van der Waals surface area contributed by atoms with Crippen LogP contribution in [0.1, 0.15) is 56.5 Å². The maximum atomic E-state index is 12.3. The molecule has 0 saturated carbocycles. The zero-order chi connectivity index (χ0) is 19.3. The first-order valence-electron chi connectivity index (χ1n) is 8.75. The highest BCUT2D eigenvalue weighted by Gasteiger charge is 2.18. The Morgan fingerprint density at radius 3 is 2.54 bits per heavy atom. The van der Waals surface area contributed by atoms with Gasteiger partial charge in [-0.15, -0.1) is 11.3 Å². The molecule has 0 aliphatic heterocycles. The molecule has 2 aromatic rings. The Labute approximate surface area is 159 Å². The molecule has 1 aromatic heterocycles. The Morgan fingerprint density at radius 2 is 1.96 bits per heavy atom. The molecule has 6 heteroatoms. The zero-order valence-electron chi connectivity index (χ0n) is 16.1. The number of benzene rings is 1. The van der Waals surface area contributed by atoms with Gasteiger partial charge in [0.25, 0.3) is 5.91 Å². The fourth-order valence-electron chi connectivity index (χ4n) is 3.03. The zero-order valence-corrected chi connectivity index (χ0v) is 16.9. The van der Waals surface area contributed by atoms with E-state index in [2.05, 4.69) is 43.3 Å². The van der Waals surface area contributed by atoms with Gasteiger partial charge in [-0.3, -0.25) is 14.9 Å². The second-order valence-electron chi connectivity index (χ2n) is 7.94. The lowest BCUT2D eigenvalue weighted by Gasteiger charge is -2.23. The fraction of sp³-hybridized carbons (Fsp3) is 0.450. The van der Waals surface area contributed by atoms with E-state index < -0.39 is 0 Å². The van der Waals surface area contributed by atoms with Gasteiger partial charge in [0, 0.05) is 29.2 Å². The molecule has 2 rings (SSSR count). The molecule has 1 aromatic carbocycles. The molecule has 2 amide bonds. The number of hydrogen-bond donors (Lipinski definition) is 2. The molecular formula is C20H27N3O2S. The first kappa shape index (κ1) is 20.1. The average Bonchev–Trinajstić information content (AvgIpc) is 3.00. The summed E-state index contributed by atoms with van der Waals surface area (Å²) in [5.41, 5.74) is 2.34. The van der Waals surface area contributed by atoms with Gasteiger partial charge >= 0.3 is 0 Å². The summed E-state index contributed by atoms with van der Waals surface area (Å²) in [6.07, 6.45) is 3.13. The summed E-state index contributed by atoms with van der Waals surface area (Å²) >= 11 is 1.37. The Balaban J connectivity index is 1.96. The van der Waals surface area contributed by atoms with Gasteiger partial charge in [-0.05, 0) is 48.4 Å². The van der Waals surface area contributed by atoms with Gasteiger partial charge in [0.05, 0.1) is 0 Å². The summed E-state index contributed by atoms with van der Waals surface area (Å²) < 4.78 is 0. The third-order valence-corrected chi connectivity index (χ3v) is 4.60. The molecule has 0 spiro atoms. The van der Waals surface area contributed by atoms with Gasteiger partial charge in [0.15, 0.2) is 5.13 Å².